The molecule has 25 heavy (non-hydrogen) atoms. The molecule has 0 saturated carbocycles. The Hall–Kier alpha value is -1.43. The minimum absolute atomic E-state index is 0.218. The number of thioether (sulfide) groups is 1. The van der Waals surface area contributed by atoms with Crippen LogP contribution in [0.4, 0.5) is 4.39 Å². The molecule has 2 aromatic rings. The second-order valence-electron chi connectivity index (χ2n) is 5.26. The van der Waals surface area contributed by atoms with E-state index in [4.69, 9.17) is 27.9 Å². The van der Waals surface area contributed by atoms with E-state index in [1.54, 1.807) is 43.3 Å². The zero-order valence-electron chi connectivity index (χ0n) is 13.6. The number of rotatable bonds is 8. The molecule has 134 valence electrons. The summed E-state index contributed by atoms with van der Waals surface area (Å²) in [6.07, 6.45) is -0.635. The Kier molecular flexibility index (Phi) is 7.88. The number of benzene rings is 2. The summed E-state index contributed by atoms with van der Waals surface area (Å²) >= 11 is 13.3. The van der Waals surface area contributed by atoms with E-state index in [1.165, 1.54) is 17.8 Å². The molecule has 7 heteroatoms. The van der Waals surface area contributed by atoms with Crippen molar-refractivity contribution in [2.24, 2.45) is 0 Å². The summed E-state index contributed by atoms with van der Waals surface area (Å²) < 4.78 is 19.2. The van der Waals surface area contributed by atoms with Gasteiger partial charge in [0.2, 0.25) is 0 Å². The number of carbonyl (C=O) groups excluding carboxylic acids is 1. The first-order valence-electron chi connectivity index (χ1n) is 7.68. The van der Waals surface area contributed by atoms with Crippen LogP contribution < -0.4 is 10.1 Å². The molecule has 2 aromatic carbocycles. The minimum atomic E-state index is -0.635. The van der Waals surface area contributed by atoms with Crippen molar-refractivity contribution >= 4 is 40.9 Å². The molecule has 0 spiro atoms. The second kappa shape index (κ2) is 9.90. The van der Waals surface area contributed by atoms with Gasteiger partial charge in [0.05, 0.1) is 0 Å². The van der Waals surface area contributed by atoms with Gasteiger partial charge in [-0.1, -0.05) is 35.3 Å². The van der Waals surface area contributed by atoms with E-state index in [1.807, 2.05) is 0 Å². The third-order valence-corrected chi connectivity index (χ3v) is 4.91. The van der Waals surface area contributed by atoms with Gasteiger partial charge in [0.15, 0.2) is 6.10 Å². The Bertz CT molecular complexity index is 710. The summed E-state index contributed by atoms with van der Waals surface area (Å²) in [6.45, 7) is 2.13. The molecule has 1 atom stereocenters. The molecule has 0 saturated heterocycles. The minimum Gasteiger partial charge on any atom is -0.481 e. The molecule has 0 aliphatic heterocycles. The molecule has 0 aromatic heterocycles. The van der Waals surface area contributed by atoms with Crippen LogP contribution in [0.15, 0.2) is 42.5 Å². The summed E-state index contributed by atoms with van der Waals surface area (Å²) in [5.41, 5.74) is 0.484. The van der Waals surface area contributed by atoms with Crippen LogP contribution in [-0.2, 0) is 10.5 Å². The standard InChI is InChI=1S/C18H18Cl2FNO2S/c1-12(24-14-5-2-4-13(19)10-14)18(23)22-8-9-25-11-15-16(20)6-3-7-17(15)21/h2-7,10,12H,8-9,11H2,1H3,(H,22,23)/t12-/m1/s1. The van der Waals surface area contributed by atoms with Gasteiger partial charge in [-0.15, -0.1) is 0 Å². The van der Waals surface area contributed by atoms with Crippen LogP contribution in [0.25, 0.3) is 0 Å². The Labute approximate surface area is 160 Å². The smallest absolute Gasteiger partial charge is 0.260 e. The van der Waals surface area contributed by atoms with E-state index in [0.29, 0.717) is 39.4 Å². The van der Waals surface area contributed by atoms with Crippen molar-refractivity contribution in [2.45, 2.75) is 18.8 Å². The summed E-state index contributed by atoms with van der Waals surface area (Å²) in [5, 5.41) is 3.75. The van der Waals surface area contributed by atoms with Gasteiger partial charge in [0.1, 0.15) is 11.6 Å². The number of amides is 1. The van der Waals surface area contributed by atoms with Crippen molar-refractivity contribution in [3.63, 3.8) is 0 Å². The average molecular weight is 402 g/mol. The topological polar surface area (TPSA) is 38.3 Å². The first-order chi connectivity index (χ1) is 12.0. The summed E-state index contributed by atoms with van der Waals surface area (Å²) in [7, 11) is 0. The zero-order chi connectivity index (χ0) is 18.2. The van der Waals surface area contributed by atoms with E-state index < -0.39 is 6.10 Å². The van der Waals surface area contributed by atoms with Gasteiger partial charge in [0, 0.05) is 33.7 Å². The SMILES string of the molecule is C[C@@H](Oc1cccc(Cl)c1)C(=O)NCCSCc1c(F)cccc1Cl. The van der Waals surface area contributed by atoms with Crippen molar-refractivity contribution in [2.75, 3.05) is 12.3 Å². The van der Waals surface area contributed by atoms with Gasteiger partial charge in [0.25, 0.3) is 5.91 Å². The van der Waals surface area contributed by atoms with Crippen molar-refractivity contribution in [1.82, 2.24) is 5.32 Å². The number of nitrogens with one attached hydrogen (secondary N) is 1. The van der Waals surface area contributed by atoms with Crippen LogP contribution in [0.3, 0.4) is 0 Å². The molecule has 0 heterocycles. The molecule has 3 nitrogen and oxygen atoms in total. The molecule has 0 aliphatic carbocycles. The third-order valence-electron chi connectivity index (χ3n) is 3.33. The molecule has 1 amide bonds. The maximum absolute atomic E-state index is 13.6. The first-order valence-corrected chi connectivity index (χ1v) is 9.59. The van der Waals surface area contributed by atoms with Gasteiger partial charge < -0.3 is 10.1 Å². The lowest BCUT2D eigenvalue weighted by molar-refractivity contribution is -0.127. The molecule has 0 aliphatic rings. The van der Waals surface area contributed by atoms with Crippen molar-refractivity contribution in [1.29, 1.82) is 0 Å². The van der Waals surface area contributed by atoms with Gasteiger partial charge in [-0.3, -0.25) is 4.79 Å². The molecule has 2 rings (SSSR count). The van der Waals surface area contributed by atoms with E-state index in [-0.39, 0.29) is 11.7 Å². The Morgan fingerprint density at radius 2 is 2.04 bits per heavy atom. The normalized spacial score (nSPS) is 11.8. The third kappa shape index (κ3) is 6.42. The lowest BCUT2D eigenvalue weighted by Crippen LogP contribution is -2.37. The van der Waals surface area contributed by atoms with E-state index in [2.05, 4.69) is 5.32 Å². The van der Waals surface area contributed by atoms with E-state index in [9.17, 15) is 9.18 Å². The summed E-state index contributed by atoms with van der Waals surface area (Å²) in [5.74, 6) is 1.10. The fourth-order valence-corrected chi connectivity index (χ4v) is 3.41. The quantitative estimate of drug-likeness (QED) is 0.635. The van der Waals surface area contributed by atoms with Crippen LogP contribution in [0.5, 0.6) is 5.75 Å². The molecule has 0 fully saturated rings. The van der Waals surface area contributed by atoms with Crippen molar-refractivity contribution in [3.8, 4) is 5.75 Å². The van der Waals surface area contributed by atoms with Gasteiger partial charge in [-0.25, -0.2) is 4.39 Å². The molecule has 0 unspecified atom stereocenters. The van der Waals surface area contributed by atoms with Crippen LogP contribution in [0, 0.1) is 5.82 Å². The highest BCUT2D eigenvalue weighted by Crippen LogP contribution is 2.23. The van der Waals surface area contributed by atoms with Crippen molar-refractivity contribution in [3.05, 3.63) is 63.9 Å². The van der Waals surface area contributed by atoms with Crippen molar-refractivity contribution < 1.29 is 13.9 Å². The Balaban J connectivity index is 1.69. The van der Waals surface area contributed by atoms with E-state index in [0.717, 1.165) is 0 Å². The Morgan fingerprint density at radius 3 is 2.76 bits per heavy atom. The van der Waals surface area contributed by atoms with Gasteiger partial charge in [-0.05, 0) is 37.3 Å². The van der Waals surface area contributed by atoms with Crippen LogP contribution in [0.2, 0.25) is 10.0 Å². The maximum Gasteiger partial charge on any atom is 0.260 e. The number of hydrogen-bond acceptors (Lipinski definition) is 3. The van der Waals surface area contributed by atoms with E-state index >= 15 is 0 Å². The van der Waals surface area contributed by atoms with Crippen LogP contribution >= 0.6 is 35.0 Å². The Morgan fingerprint density at radius 1 is 1.28 bits per heavy atom. The highest BCUT2D eigenvalue weighted by atomic mass is 35.5. The lowest BCUT2D eigenvalue weighted by Gasteiger charge is -2.15. The molecule has 0 radical (unpaired) electrons. The van der Waals surface area contributed by atoms with Gasteiger partial charge >= 0.3 is 0 Å². The zero-order valence-corrected chi connectivity index (χ0v) is 15.9. The van der Waals surface area contributed by atoms with Gasteiger partial charge in [-0.2, -0.15) is 11.8 Å². The maximum atomic E-state index is 13.6. The largest absolute Gasteiger partial charge is 0.481 e. The molecule has 0 bridgehead atoms. The lowest BCUT2D eigenvalue weighted by atomic mass is 10.2. The average Bonchev–Trinajstić information content (AvgIpc) is 2.56. The first kappa shape index (κ1) is 19.9. The fraction of sp³-hybridized carbons (Fsp3) is 0.278. The fourth-order valence-electron chi connectivity index (χ4n) is 2.03. The molecule has 1 N–H and O–H groups in total. The predicted molar refractivity (Wildman–Crippen MR) is 102 cm³/mol. The number of halogens is 3. The number of carbonyl (C=O) groups is 1. The second-order valence-corrected chi connectivity index (χ2v) is 7.21. The molecular weight excluding hydrogens is 384 g/mol. The summed E-state index contributed by atoms with van der Waals surface area (Å²) in [6, 6.07) is 11.5. The monoisotopic (exact) mass is 401 g/mol. The van der Waals surface area contributed by atoms with Crippen LogP contribution in [-0.4, -0.2) is 24.3 Å². The van der Waals surface area contributed by atoms with Crippen LogP contribution in [0.1, 0.15) is 12.5 Å². The number of ether oxygens (including phenoxy) is 1. The highest BCUT2D eigenvalue weighted by Gasteiger charge is 2.14. The summed E-state index contributed by atoms with van der Waals surface area (Å²) in [4.78, 5) is 12.0. The molecular formula is C18H18Cl2FNO2S. The highest BCUT2D eigenvalue weighted by molar-refractivity contribution is 7.98. The predicted octanol–water partition coefficient (Wildman–Crippen LogP) is 4.95. The number of hydrogen-bond donors (Lipinski definition) is 1.